The van der Waals surface area contributed by atoms with E-state index in [1.807, 2.05) is 58.9 Å². The van der Waals surface area contributed by atoms with E-state index in [0.717, 1.165) is 5.56 Å². The number of nitrogens with one attached hydrogen (secondary N) is 2. The molecule has 2 aromatic rings. The molecule has 0 bridgehead atoms. The Morgan fingerprint density at radius 2 is 1.31 bits per heavy atom. The van der Waals surface area contributed by atoms with Gasteiger partial charge in [-0.1, -0.05) is 64.6 Å². The molecule has 2 aromatic carbocycles. The molecule has 276 valence electrons. The molecule has 0 aliphatic carbocycles. The highest BCUT2D eigenvalue weighted by Gasteiger charge is 2.39. The van der Waals surface area contributed by atoms with E-state index in [-0.39, 0.29) is 30.4 Å². The van der Waals surface area contributed by atoms with Crippen molar-refractivity contribution in [3.05, 3.63) is 84.1 Å². The molecular formula is C40H54N4O7. The second-order valence-electron chi connectivity index (χ2n) is 13.8. The number of hydrogen-bond donors (Lipinski definition) is 3. The van der Waals surface area contributed by atoms with Gasteiger partial charge in [0, 0.05) is 33.0 Å². The first kappa shape index (κ1) is 40.4. The molecule has 1 aliphatic heterocycles. The normalized spacial score (nSPS) is 20.5. The number of phenolic OH excluding ortho intramolecular Hbond substituents is 1. The quantitative estimate of drug-likeness (QED) is 0.194. The number of amides is 4. The smallest absolute Gasteiger partial charge is 0.245 e. The monoisotopic (exact) mass is 702 g/mol. The van der Waals surface area contributed by atoms with Gasteiger partial charge >= 0.3 is 0 Å². The van der Waals surface area contributed by atoms with E-state index in [2.05, 4.69) is 22.9 Å². The standard InChI is InChI=1S/C40H54N4O7/c1-9-11-19-50-30-16-13-28(14-17-30)23-32-39(48)43(7)35(22-27(5)6)38(47)42-33(40(49)44(8)34(21-26(3)4)37(46)41-32)24-29-15-18-31(25-36(29)45)51-20-12-10-2/h10-18,25-27,32-35,45H,1,19-24H2,2-8H3,(H,41,46)(H,42,47)/b12-10-/t32-,33-,34-,35-/m0/s1. The number of carbonyl (C=O) groups is 4. The van der Waals surface area contributed by atoms with Gasteiger partial charge in [-0.3, -0.25) is 19.2 Å². The van der Waals surface area contributed by atoms with Crippen LogP contribution in [0.3, 0.4) is 0 Å². The molecule has 0 aromatic heterocycles. The van der Waals surface area contributed by atoms with Gasteiger partial charge in [-0.25, -0.2) is 0 Å². The summed E-state index contributed by atoms with van der Waals surface area (Å²) >= 11 is 0. The molecule has 3 rings (SSSR count). The summed E-state index contributed by atoms with van der Waals surface area (Å²) in [5.41, 5.74) is 3.84. The molecular weight excluding hydrogens is 648 g/mol. The SMILES string of the molecule is C=C=CCOc1ccc(C[C@@H]2NC(=O)[C@H](CC(C)C)N(C)C(=O)[C@H](Cc3ccc(OC/C=C\C)cc3O)NC(=O)[C@H](CC(C)C)N(C)C2=O)cc1. The summed E-state index contributed by atoms with van der Waals surface area (Å²) in [5, 5.41) is 16.8. The maximum absolute atomic E-state index is 14.3. The van der Waals surface area contributed by atoms with Crippen molar-refractivity contribution >= 4 is 23.6 Å². The van der Waals surface area contributed by atoms with Crippen LogP contribution in [-0.4, -0.2) is 90.0 Å². The lowest BCUT2D eigenvalue weighted by atomic mass is 9.96. The number of allylic oxidation sites excluding steroid dienone is 1. The first-order chi connectivity index (χ1) is 24.2. The van der Waals surface area contributed by atoms with Crippen molar-refractivity contribution in [3.63, 3.8) is 0 Å². The minimum Gasteiger partial charge on any atom is -0.508 e. The average molecular weight is 703 g/mol. The third-order valence-electron chi connectivity index (χ3n) is 8.76. The van der Waals surface area contributed by atoms with Crippen molar-refractivity contribution < 1.29 is 33.8 Å². The Morgan fingerprint density at radius 3 is 1.80 bits per heavy atom. The number of nitrogens with zero attached hydrogens (tertiary/aromatic N) is 2. The molecule has 11 nitrogen and oxygen atoms in total. The molecule has 1 fully saturated rings. The Bertz CT molecular complexity index is 1570. The molecule has 4 amide bonds. The van der Waals surface area contributed by atoms with E-state index in [1.54, 1.807) is 37.4 Å². The number of ether oxygens (including phenoxy) is 2. The van der Waals surface area contributed by atoms with Crippen molar-refractivity contribution in [3.8, 4) is 17.2 Å². The largest absolute Gasteiger partial charge is 0.508 e. The van der Waals surface area contributed by atoms with Gasteiger partial charge in [0.05, 0.1) is 0 Å². The number of carbonyl (C=O) groups excluding carboxylic acids is 4. The molecule has 4 atom stereocenters. The summed E-state index contributed by atoms with van der Waals surface area (Å²) in [6.07, 6.45) is 6.08. The summed E-state index contributed by atoms with van der Waals surface area (Å²) in [4.78, 5) is 59.5. The summed E-state index contributed by atoms with van der Waals surface area (Å²) in [7, 11) is 3.09. The Morgan fingerprint density at radius 1 is 0.804 bits per heavy atom. The molecule has 1 heterocycles. The summed E-state index contributed by atoms with van der Waals surface area (Å²) in [5.74, 6) is -0.877. The molecule has 51 heavy (non-hydrogen) atoms. The lowest BCUT2D eigenvalue weighted by molar-refractivity contribution is -0.148. The lowest BCUT2D eigenvalue weighted by Crippen LogP contribution is -2.62. The van der Waals surface area contributed by atoms with E-state index >= 15 is 0 Å². The van der Waals surface area contributed by atoms with Crippen LogP contribution < -0.4 is 20.1 Å². The zero-order valence-corrected chi connectivity index (χ0v) is 31.0. The summed E-state index contributed by atoms with van der Waals surface area (Å²) < 4.78 is 11.3. The topological polar surface area (TPSA) is 138 Å². The molecule has 3 N–H and O–H groups in total. The number of benzene rings is 2. The van der Waals surface area contributed by atoms with Crippen molar-refractivity contribution in [1.82, 2.24) is 20.4 Å². The van der Waals surface area contributed by atoms with Gasteiger partial charge in [-0.15, -0.1) is 5.73 Å². The number of phenols is 1. The predicted molar refractivity (Wildman–Crippen MR) is 197 cm³/mol. The van der Waals surface area contributed by atoms with Crippen LogP contribution in [0.4, 0.5) is 0 Å². The number of aromatic hydroxyl groups is 1. The van der Waals surface area contributed by atoms with Gasteiger partial charge in [0.25, 0.3) is 0 Å². The van der Waals surface area contributed by atoms with Gasteiger partial charge in [0.1, 0.15) is 54.6 Å². The Hall–Kier alpha value is -5.02. The van der Waals surface area contributed by atoms with Crippen LogP contribution in [0, 0.1) is 11.8 Å². The van der Waals surface area contributed by atoms with E-state index in [0.29, 0.717) is 43.1 Å². The summed E-state index contributed by atoms with van der Waals surface area (Å²) in [6.45, 7) is 13.8. The third-order valence-corrected chi connectivity index (χ3v) is 8.76. The second kappa shape index (κ2) is 19.4. The van der Waals surface area contributed by atoms with E-state index < -0.39 is 47.8 Å². The minimum absolute atomic E-state index is 0.0202. The Kier molecular flexibility index (Phi) is 15.4. The number of likely N-dealkylation sites (N-methyl/N-ethyl adjacent to an activating group) is 2. The molecule has 11 heteroatoms. The van der Waals surface area contributed by atoms with Gasteiger partial charge in [-0.05, 0) is 67.0 Å². The molecule has 1 aliphatic rings. The van der Waals surface area contributed by atoms with E-state index in [4.69, 9.17) is 9.47 Å². The fourth-order valence-electron chi connectivity index (χ4n) is 5.93. The maximum atomic E-state index is 14.3. The summed E-state index contributed by atoms with van der Waals surface area (Å²) in [6, 6.07) is 7.99. The number of hydrogen-bond acceptors (Lipinski definition) is 7. The van der Waals surface area contributed by atoms with Gasteiger partial charge < -0.3 is 35.0 Å². The highest BCUT2D eigenvalue weighted by Crippen LogP contribution is 2.26. The van der Waals surface area contributed by atoms with Crippen LogP contribution in [0.1, 0.15) is 58.6 Å². The van der Waals surface area contributed by atoms with Crippen LogP contribution in [0.15, 0.2) is 73.0 Å². The van der Waals surface area contributed by atoms with Gasteiger partial charge in [0.15, 0.2) is 0 Å². The fourth-order valence-corrected chi connectivity index (χ4v) is 5.93. The zero-order chi connectivity index (χ0) is 37.7. The van der Waals surface area contributed by atoms with Crippen LogP contribution in [0.25, 0.3) is 0 Å². The van der Waals surface area contributed by atoms with Crippen molar-refractivity contribution in [1.29, 1.82) is 0 Å². The molecule has 0 unspecified atom stereocenters. The highest BCUT2D eigenvalue weighted by molar-refractivity contribution is 5.97. The van der Waals surface area contributed by atoms with E-state index in [9.17, 15) is 24.3 Å². The zero-order valence-electron chi connectivity index (χ0n) is 31.0. The van der Waals surface area contributed by atoms with Crippen molar-refractivity contribution in [2.45, 2.75) is 84.5 Å². The van der Waals surface area contributed by atoms with Gasteiger partial charge in [-0.2, -0.15) is 0 Å². The van der Waals surface area contributed by atoms with E-state index in [1.165, 1.54) is 22.9 Å². The lowest BCUT2D eigenvalue weighted by Gasteiger charge is -2.37. The molecule has 0 radical (unpaired) electrons. The second-order valence-corrected chi connectivity index (χ2v) is 13.8. The van der Waals surface area contributed by atoms with Crippen LogP contribution in [0.2, 0.25) is 0 Å². The van der Waals surface area contributed by atoms with Crippen LogP contribution in [-0.2, 0) is 32.0 Å². The van der Waals surface area contributed by atoms with Crippen LogP contribution in [0.5, 0.6) is 17.2 Å². The number of rotatable bonds is 14. The molecule has 0 spiro atoms. The predicted octanol–water partition coefficient (Wildman–Crippen LogP) is 4.58. The van der Waals surface area contributed by atoms with Gasteiger partial charge in [0.2, 0.25) is 23.6 Å². The molecule has 1 saturated heterocycles. The Balaban J connectivity index is 2.02. The minimum atomic E-state index is -1.14. The van der Waals surface area contributed by atoms with Crippen molar-refractivity contribution in [2.75, 3.05) is 27.3 Å². The molecule has 0 saturated carbocycles. The average Bonchev–Trinajstić information content (AvgIpc) is 3.09. The maximum Gasteiger partial charge on any atom is 0.245 e. The fraction of sp³-hybridized carbons (Fsp3) is 0.475. The highest BCUT2D eigenvalue weighted by atomic mass is 16.5. The van der Waals surface area contributed by atoms with Crippen molar-refractivity contribution in [2.24, 2.45) is 11.8 Å². The Labute approximate surface area is 302 Å². The third kappa shape index (κ3) is 11.8. The first-order valence-corrected chi connectivity index (χ1v) is 17.5. The first-order valence-electron chi connectivity index (χ1n) is 17.5. The van der Waals surface area contributed by atoms with Crippen LogP contribution >= 0.6 is 0 Å².